The number of aryl methyl sites for hydroxylation is 1. The van der Waals surface area contributed by atoms with Crippen molar-refractivity contribution in [1.82, 2.24) is 14.9 Å². The Morgan fingerprint density at radius 3 is 2.62 bits per heavy atom. The van der Waals surface area contributed by atoms with Crippen molar-refractivity contribution in [3.63, 3.8) is 0 Å². The van der Waals surface area contributed by atoms with Crippen LogP contribution in [0.2, 0.25) is 0 Å². The van der Waals surface area contributed by atoms with Crippen molar-refractivity contribution in [2.24, 2.45) is 0 Å². The van der Waals surface area contributed by atoms with Crippen LogP contribution in [0.5, 0.6) is 0 Å². The van der Waals surface area contributed by atoms with Gasteiger partial charge in [0.15, 0.2) is 0 Å². The smallest absolute Gasteiger partial charge is 0.242 e. The number of rotatable bonds is 5. The first kappa shape index (κ1) is 16.8. The summed E-state index contributed by atoms with van der Waals surface area (Å²) in [6, 6.07) is 14.0. The summed E-state index contributed by atoms with van der Waals surface area (Å²) in [5.74, 6) is 0.599. The lowest BCUT2D eigenvalue weighted by Gasteiger charge is -2.04. The summed E-state index contributed by atoms with van der Waals surface area (Å²) in [5.41, 5.74) is 1.77. The minimum absolute atomic E-state index is 0.0722. The molecule has 3 aromatic rings. The van der Waals surface area contributed by atoms with Crippen molar-refractivity contribution in [2.75, 3.05) is 0 Å². The van der Waals surface area contributed by atoms with E-state index in [1.165, 1.54) is 0 Å². The highest BCUT2D eigenvalue weighted by atomic mass is 79.9. The quantitative estimate of drug-likeness (QED) is 0.701. The summed E-state index contributed by atoms with van der Waals surface area (Å²) in [6.45, 7) is 1.82. The fraction of sp³-hybridized carbons (Fsp3) is 0.125. The third-order valence-electron chi connectivity index (χ3n) is 3.30. The van der Waals surface area contributed by atoms with Crippen LogP contribution in [0.4, 0.5) is 0 Å². The summed E-state index contributed by atoms with van der Waals surface area (Å²) in [6.07, 6.45) is 0. The Balaban J connectivity index is 1.72. The van der Waals surface area contributed by atoms with E-state index in [-0.39, 0.29) is 17.3 Å². The Labute approximate surface area is 148 Å². The zero-order valence-electron chi connectivity index (χ0n) is 12.7. The molecule has 1 aromatic heterocycles. The van der Waals surface area contributed by atoms with E-state index < -0.39 is 10.0 Å². The van der Waals surface area contributed by atoms with Gasteiger partial charge in [-0.1, -0.05) is 50.9 Å². The highest BCUT2D eigenvalue weighted by Crippen LogP contribution is 2.20. The molecule has 0 aliphatic heterocycles. The van der Waals surface area contributed by atoms with Crippen LogP contribution in [0.3, 0.4) is 0 Å². The Morgan fingerprint density at radius 1 is 1.17 bits per heavy atom. The molecule has 6 nitrogen and oxygen atoms in total. The molecule has 0 aliphatic carbocycles. The van der Waals surface area contributed by atoms with Crippen LogP contribution in [0.15, 0.2) is 62.4 Å². The third kappa shape index (κ3) is 3.89. The summed E-state index contributed by atoms with van der Waals surface area (Å²) in [7, 11) is -3.62. The predicted molar refractivity (Wildman–Crippen MR) is 92.6 cm³/mol. The molecule has 124 valence electrons. The Kier molecular flexibility index (Phi) is 4.79. The van der Waals surface area contributed by atoms with Gasteiger partial charge in [0.25, 0.3) is 0 Å². The number of nitrogens with zero attached hydrogens (tertiary/aromatic N) is 2. The Hall–Kier alpha value is -2.03. The molecule has 0 atom stereocenters. The first-order valence-corrected chi connectivity index (χ1v) is 9.36. The van der Waals surface area contributed by atoms with E-state index in [9.17, 15) is 8.42 Å². The molecule has 0 spiro atoms. The van der Waals surface area contributed by atoms with Crippen LogP contribution < -0.4 is 4.72 Å². The lowest BCUT2D eigenvalue weighted by Crippen LogP contribution is -2.23. The van der Waals surface area contributed by atoms with Gasteiger partial charge in [0, 0.05) is 10.0 Å². The van der Waals surface area contributed by atoms with Crippen LogP contribution in [0, 0.1) is 6.92 Å². The third-order valence-corrected chi connectivity index (χ3v) is 5.21. The number of hydrogen-bond acceptors (Lipinski definition) is 5. The average Bonchev–Trinajstić information content (AvgIpc) is 3.03. The molecule has 2 aromatic carbocycles. The van der Waals surface area contributed by atoms with Gasteiger partial charge in [0.1, 0.15) is 0 Å². The Bertz CT molecular complexity index is 953. The molecule has 0 fully saturated rings. The van der Waals surface area contributed by atoms with Crippen LogP contribution in [0.25, 0.3) is 11.4 Å². The second-order valence-corrected chi connectivity index (χ2v) is 7.84. The van der Waals surface area contributed by atoms with E-state index in [4.69, 9.17) is 4.52 Å². The van der Waals surface area contributed by atoms with E-state index in [2.05, 4.69) is 30.8 Å². The van der Waals surface area contributed by atoms with Gasteiger partial charge in [-0.3, -0.25) is 0 Å². The lowest BCUT2D eigenvalue weighted by molar-refractivity contribution is 0.376. The largest absolute Gasteiger partial charge is 0.338 e. The zero-order chi connectivity index (χ0) is 17.2. The summed E-state index contributed by atoms with van der Waals surface area (Å²) >= 11 is 3.38. The molecule has 3 rings (SSSR count). The molecule has 8 heteroatoms. The fourth-order valence-corrected chi connectivity index (χ4v) is 3.40. The van der Waals surface area contributed by atoms with Crippen molar-refractivity contribution in [3.05, 3.63) is 64.5 Å². The van der Waals surface area contributed by atoms with Gasteiger partial charge < -0.3 is 4.52 Å². The van der Waals surface area contributed by atoms with Crippen molar-refractivity contribution < 1.29 is 12.9 Å². The number of nitrogens with one attached hydrogen (secondary N) is 1. The SMILES string of the molecule is Cc1ccc(S(=O)(=O)NCc2nc(-c3cccc(Br)c3)no2)cc1. The average molecular weight is 408 g/mol. The lowest BCUT2D eigenvalue weighted by atomic mass is 10.2. The number of benzene rings is 2. The van der Waals surface area contributed by atoms with Gasteiger partial charge in [0.2, 0.25) is 21.7 Å². The second kappa shape index (κ2) is 6.84. The van der Waals surface area contributed by atoms with E-state index >= 15 is 0 Å². The van der Waals surface area contributed by atoms with Gasteiger partial charge in [-0.25, -0.2) is 13.1 Å². The maximum absolute atomic E-state index is 12.2. The highest BCUT2D eigenvalue weighted by molar-refractivity contribution is 9.10. The first-order chi connectivity index (χ1) is 11.4. The van der Waals surface area contributed by atoms with Crippen molar-refractivity contribution >= 4 is 26.0 Å². The van der Waals surface area contributed by atoms with Crippen LogP contribution >= 0.6 is 15.9 Å². The van der Waals surface area contributed by atoms with Crippen LogP contribution in [0.1, 0.15) is 11.5 Å². The van der Waals surface area contributed by atoms with E-state index in [1.807, 2.05) is 31.2 Å². The maximum Gasteiger partial charge on any atom is 0.242 e. The maximum atomic E-state index is 12.2. The molecule has 0 saturated carbocycles. The number of aromatic nitrogens is 2. The van der Waals surface area contributed by atoms with Gasteiger partial charge in [-0.15, -0.1) is 0 Å². The van der Waals surface area contributed by atoms with Gasteiger partial charge in [0.05, 0.1) is 11.4 Å². The van der Waals surface area contributed by atoms with Crippen molar-refractivity contribution in [2.45, 2.75) is 18.4 Å². The van der Waals surface area contributed by atoms with Crippen LogP contribution in [-0.2, 0) is 16.6 Å². The monoisotopic (exact) mass is 407 g/mol. The van der Waals surface area contributed by atoms with Gasteiger partial charge in [-0.05, 0) is 31.2 Å². The zero-order valence-corrected chi connectivity index (χ0v) is 15.1. The van der Waals surface area contributed by atoms with Crippen molar-refractivity contribution in [3.8, 4) is 11.4 Å². The molecule has 0 aliphatic rings. The highest BCUT2D eigenvalue weighted by Gasteiger charge is 2.16. The molecule has 0 amide bonds. The molecule has 0 saturated heterocycles. The van der Waals surface area contributed by atoms with E-state index in [0.29, 0.717) is 5.82 Å². The van der Waals surface area contributed by atoms with Gasteiger partial charge >= 0.3 is 0 Å². The minimum atomic E-state index is -3.62. The molecule has 0 radical (unpaired) electrons. The molecule has 0 bridgehead atoms. The number of hydrogen-bond donors (Lipinski definition) is 1. The summed E-state index contributed by atoms with van der Waals surface area (Å²) < 4.78 is 32.9. The number of halogens is 1. The van der Waals surface area contributed by atoms with Crippen molar-refractivity contribution in [1.29, 1.82) is 0 Å². The predicted octanol–water partition coefficient (Wildman–Crippen LogP) is 3.29. The van der Waals surface area contributed by atoms with E-state index in [1.54, 1.807) is 24.3 Å². The second-order valence-electron chi connectivity index (χ2n) is 5.16. The topological polar surface area (TPSA) is 85.1 Å². The first-order valence-electron chi connectivity index (χ1n) is 7.09. The van der Waals surface area contributed by atoms with Crippen LogP contribution in [-0.4, -0.2) is 18.6 Å². The normalized spacial score (nSPS) is 11.6. The standard InChI is InChI=1S/C16H14BrN3O3S/c1-11-5-7-14(8-6-11)24(21,22)18-10-15-19-16(20-23-15)12-3-2-4-13(17)9-12/h2-9,18H,10H2,1H3. The minimum Gasteiger partial charge on any atom is -0.338 e. The Morgan fingerprint density at radius 2 is 1.92 bits per heavy atom. The molecular formula is C16H14BrN3O3S. The molecular weight excluding hydrogens is 394 g/mol. The molecule has 24 heavy (non-hydrogen) atoms. The fourth-order valence-electron chi connectivity index (χ4n) is 2.03. The molecule has 1 heterocycles. The van der Waals surface area contributed by atoms with Gasteiger partial charge in [-0.2, -0.15) is 4.98 Å². The summed E-state index contributed by atoms with van der Waals surface area (Å²) in [5, 5.41) is 3.87. The molecule has 0 unspecified atom stereocenters. The molecule has 1 N–H and O–H groups in total. The number of sulfonamides is 1. The van der Waals surface area contributed by atoms with E-state index in [0.717, 1.165) is 15.6 Å². The summed E-state index contributed by atoms with van der Waals surface area (Å²) in [4.78, 5) is 4.40.